The number of nitrogens with zero attached hydrogens (tertiary/aromatic N) is 3. The molecule has 0 amide bonds. The van der Waals surface area contributed by atoms with E-state index in [1.807, 2.05) is 24.5 Å². The summed E-state index contributed by atoms with van der Waals surface area (Å²) in [5.74, 6) is 0.884. The number of rotatable bonds is 2. The quantitative estimate of drug-likeness (QED) is 0.382. The molecule has 2 aromatic carbocycles. The number of imidazole rings is 1. The van der Waals surface area contributed by atoms with Gasteiger partial charge in [0, 0.05) is 45.3 Å². The van der Waals surface area contributed by atoms with Crippen LogP contribution < -0.4 is 0 Å². The molecule has 0 radical (unpaired) electrons. The third-order valence-electron chi connectivity index (χ3n) is 5.78. The zero-order valence-corrected chi connectivity index (χ0v) is 16.2. The summed E-state index contributed by atoms with van der Waals surface area (Å²) in [6, 6.07) is 14.5. The van der Waals surface area contributed by atoms with Crippen LogP contribution in [0.2, 0.25) is 0 Å². The Morgan fingerprint density at radius 2 is 1.48 bits per heavy atom. The lowest BCUT2D eigenvalue weighted by Crippen LogP contribution is -1.86. The summed E-state index contributed by atoms with van der Waals surface area (Å²) in [5, 5.41) is 3.26. The first-order valence-electron chi connectivity index (χ1n) is 9.88. The zero-order valence-electron chi connectivity index (χ0n) is 16.2. The topological polar surface area (TPSA) is 70.2 Å². The summed E-state index contributed by atoms with van der Waals surface area (Å²) in [5.41, 5.74) is 8.49. The molecule has 0 saturated heterocycles. The molecule has 5 heteroatoms. The molecule has 4 heterocycles. The molecular weight excluding hydrogens is 358 g/mol. The molecule has 0 aliphatic rings. The molecule has 2 N–H and O–H groups in total. The number of aromatic nitrogens is 5. The van der Waals surface area contributed by atoms with Gasteiger partial charge in [0.1, 0.15) is 5.82 Å². The first-order valence-corrected chi connectivity index (χ1v) is 9.88. The largest absolute Gasteiger partial charge is 0.358 e. The van der Waals surface area contributed by atoms with Gasteiger partial charge in [0.05, 0.1) is 22.1 Å². The SMILES string of the molecule is CCc1[nH]c2c(C)cccc2c1-c1nc2c3cccnc3c3ncccc3c2[nH]1. The van der Waals surface area contributed by atoms with E-state index in [4.69, 9.17) is 4.98 Å². The lowest BCUT2D eigenvalue weighted by molar-refractivity contribution is 1.07. The maximum Gasteiger partial charge on any atom is 0.140 e. The monoisotopic (exact) mass is 377 g/mol. The zero-order chi connectivity index (χ0) is 19.5. The Balaban J connectivity index is 1.78. The van der Waals surface area contributed by atoms with Crippen LogP contribution in [-0.2, 0) is 6.42 Å². The molecule has 29 heavy (non-hydrogen) atoms. The van der Waals surface area contributed by atoms with Gasteiger partial charge < -0.3 is 9.97 Å². The van der Waals surface area contributed by atoms with Crippen LogP contribution in [-0.4, -0.2) is 24.9 Å². The van der Waals surface area contributed by atoms with Gasteiger partial charge in [0.15, 0.2) is 0 Å². The second-order valence-electron chi connectivity index (χ2n) is 7.44. The van der Waals surface area contributed by atoms with Crippen LogP contribution in [0.4, 0.5) is 0 Å². The third-order valence-corrected chi connectivity index (χ3v) is 5.78. The molecule has 0 aliphatic carbocycles. The predicted molar refractivity (Wildman–Crippen MR) is 118 cm³/mol. The van der Waals surface area contributed by atoms with Crippen molar-refractivity contribution in [1.82, 2.24) is 24.9 Å². The molecule has 0 atom stereocenters. The summed E-state index contributed by atoms with van der Waals surface area (Å²) < 4.78 is 0. The van der Waals surface area contributed by atoms with E-state index in [-0.39, 0.29) is 0 Å². The Hall–Kier alpha value is -3.73. The number of aromatic amines is 2. The van der Waals surface area contributed by atoms with Crippen molar-refractivity contribution in [3.05, 3.63) is 66.1 Å². The van der Waals surface area contributed by atoms with Crippen molar-refractivity contribution in [3.63, 3.8) is 0 Å². The molecule has 140 valence electrons. The number of benzene rings is 2. The summed E-state index contributed by atoms with van der Waals surface area (Å²) in [4.78, 5) is 21.5. The highest BCUT2D eigenvalue weighted by Gasteiger charge is 2.19. The van der Waals surface area contributed by atoms with Gasteiger partial charge in [-0.25, -0.2) is 4.98 Å². The fourth-order valence-corrected chi connectivity index (χ4v) is 4.42. The number of aryl methyl sites for hydroxylation is 2. The van der Waals surface area contributed by atoms with E-state index in [9.17, 15) is 0 Å². The van der Waals surface area contributed by atoms with Gasteiger partial charge in [0.25, 0.3) is 0 Å². The second kappa shape index (κ2) is 5.88. The van der Waals surface area contributed by atoms with Gasteiger partial charge in [-0.3, -0.25) is 9.97 Å². The van der Waals surface area contributed by atoms with Gasteiger partial charge in [-0.15, -0.1) is 0 Å². The van der Waals surface area contributed by atoms with E-state index in [0.29, 0.717) is 0 Å². The average Bonchev–Trinajstić information content (AvgIpc) is 3.36. The Kier molecular flexibility index (Phi) is 3.29. The number of pyridine rings is 2. The maximum absolute atomic E-state index is 5.08. The molecule has 6 aromatic rings. The molecule has 0 bridgehead atoms. The number of H-pyrrole nitrogens is 2. The second-order valence-corrected chi connectivity index (χ2v) is 7.44. The van der Waals surface area contributed by atoms with Crippen LogP contribution in [0.15, 0.2) is 54.9 Å². The summed E-state index contributed by atoms with van der Waals surface area (Å²) in [6.45, 7) is 4.31. The van der Waals surface area contributed by atoms with Gasteiger partial charge in [-0.2, -0.15) is 0 Å². The minimum atomic E-state index is 0.884. The van der Waals surface area contributed by atoms with Crippen molar-refractivity contribution in [1.29, 1.82) is 0 Å². The standard InChI is InChI=1S/C24H19N5/c1-3-17-18(14-8-4-7-13(2)19(14)27-17)24-28-22-15-9-5-11-25-20(15)21-16(23(22)29-24)10-6-12-26-21/h4-12,27H,3H2,1-2H3,(H,28,29). The van der Waals surface area contributed by atoms with E-state index in [1.165, 1.54) is 22.2 Å². The van der Waals surface area contributed by atoms with Crippen molar-refractivity contribution in [3.8, 4) is 11.4 Å². The fourth-order valence-electron chi connectivity index (χ4n) is 4.42. The number of nitrogens with one attached hydrogen (secondary N) is 2. The molecule has 0 fully saturated rings. The highest BCUT2D eigenvalue weighted by molar-refractivity contribution is 6.21. The molecule has 0 spiro atoms. The summed E-state index contributed by atoms with van der Waals surface area (Å²) in [6.07, 6.45) is 4.54. The maximum atomic E-state index is 5.08. The number of hydrogen-bond acceptors (Lipinski definition) is 3. The van der Waals surface area contributed by atoms with Crippen LogP contribution in [0.5, 0.6) is 0 Å². The first-order chi connectivity index (χ1) is 14.3. The number of hydrogen-bond donors (Lipinski definition) is 2. The highest BCUT2D eigenvalue weighted by atomic mass is 14.9. The third kappa shape index (κ3) is 2.18. The summed E-state index contributed by atoms with van der Waals surface area (Å²) in [7, 11) is 0. The molecule has 0 aliphatic heterocycles. The predicted octanol–water partition coefficient (Wildman–Crippen LogP) is 5.68. The minimum Gasteiger partial charge on any atom is -0.358 e. The smallest absolute Gasteiger partial charge is 0.140 e. The molecule has 5 nitrogen and oxygen atoms in total. The van der Waals surface area contributed by atoms with E-state index >= 15 is 0 Å². The van der Waals surface area contributed by atoms with E-state index < -0.39 is 0 Å². The average molecular weight is 377 g/mol. The van der Waals surface area contributed by atoms with E-state index in [1.54, 1.807) is 0 Å². The van der Waals surface area contributed by atoms with Crippen molar-refractivity contribution in [2.24, 2.45) is 0 Å². The molecule has 0 unspecified atom stereocenters. The highest BCUT2D eigenvalue weighted by Crippen LogP contribution is 2.37. The van der Waals surface area contributed by atoms with Crippen molar-refractivity contribution in [2.45, 2.75) is 20.3 Å². The van der Waals surface area contributed by atoms with E-state index in [2.05, 4.69) is 64.1 Å². The van der Waals surface area contributed by atoms with Gasteiger partial charge in [-0.05, 0) is 43.2 Å². The Morgan fingerprint density at radius 1 is 0.759 bits per heavy atom. The molecule has 0 saturated carbocycles. The van der Waals surface area contributed by atoms with Crippen molar-refractivity contribution in [2.75, 3.05) is 0 Å². The van der Waals surface area contributed by atoms with Gasteiger partial charge in [-0.1, -0.05) is 25.1 Å². The Morgan fingerprint density at radius 3 is 2.28 bits per heavy atom. The summed E-state index contributed by atoms with van der Waals surface area (Å²) >= 11 is 0. The van der Waals surface area contributed by atoms with Crippen LogP contribution in [0, 0.1) is 6.92 Å². The van der Waals surface area contributed by atoms with Crippen LogP contribution in [0.1, 0.15) is 18.2 Å². The van der Waals surface area contributed by atoms with Crippen LogP contribution in [0.25, 0.3) is 55.1 Å². The Bertz CT molecular complexity index is 1480. The van der Waals surface area contributed by atoms with Crippen LogP contribution in [0.3, 0.4) is 0 Å². The van der Waals surface area contributed by atoms with Crippen molar-refractivity contribution >= 4 is 43.7 Å². The fraction of sp³-hybridized carbons (Fsp3) is 0.125. The van der Waals surface area contributed by atoms with Crippen LogP contribution >= 0.6 is 0 Å². The van der Waals surface area contributed by atoms with Gasteiger partial charge in [0.2, 0.25) is 0 Å². The minimum absolute atomic E-state index is 0.884. The normalized spacial score (nSPS) is 11.9. The number of para-hydroxylation sites is 1. The molecular formula is C24H19N5. The first kappa shape index (κ1) is 16.2. The lowest BCUT2D eigenvalue weighted by Gasteiger charge is -2.03. The van der Waals surface area contributed by atoms with E-state index in [0.717, 1.165) is 50.6 Å². The van der Waals surface area contributed by atoms with Crippen molar-refractivity contribution < 1.29 is 0 Å². The lowest BCUT2D eigenvalue weighted by atomic mass is 10.1. The van der Waals surface area contributed by atoms with Gasteiger partial charge >= 0.3 is 0 Å². The Labute approximate surface area is 166 Å². The molecule has 4 aromatic heterocycles. The number of fused-ring (bicyclic) bond motifs is 7. The molecule has 6 rings (SSSR count).